The predicted octanol–water partition coefficient (Wildman–Crippen LogP) is 0.634. The van der Waals surface area contributed by atoms with Crippen molar-refractivity contribution in [3.8, 4) is 0 Å². The molecule has 0 radical (unpaired) electrons. The normalized spacial score (nSPS) is 11.5. The van der Waals surface area contributed by atoms with Crippen molar-refractivity contribution in [3.63, 3.8) is 0 Å². The minimum atomic E-state index is -3.85. The van der Waals surface area contributed by atoms with Gasteiger partial charge < -0.3 is 9.15 Å². The van der Waals surface area contributed by atoms with Crippen LogP contribution < -0.4 is 10.3 Å². The maximum Gasteiger partial charge on any atom is 0.336 e. The Bertz CT molecular complexity index is 824. The molecule has 0 saturated carbocycles. The number of benzene rings is 1. The third-order valence-corrected chi connectivity index (χ3v) is 4.01. The maximum atomic E-state index is 12.0. The van der Waals surface area contributed by atoms with Gasteiger partial charge in [-0.3, -0.25) is 4.79 Å². The largest absolute Gasteiger partial charge is 0.465 e. The van der Waals surface area contributed by atoms with Gasteiger partial charge in [-0.15, -0.1) is 0 Å². The second-order valence-electron chi connectivity index (χ2n) is 4.08. The van der Waals surface area contributed by atoms with E-state index in [0.29, 0.717) is 5.39 Å². The molecule has 0 spiro atoms. The first kappa shape index (κ1) is 15.2. The predicted molar refractivity (Wildman–Crippen MR) is 74.3 cm³/mol. The summed E-state index contributed by atoms with van der Waals surface area (Å²) in [5, 5.41) is 0.466. The molecule has 0 aliphatic heterocycles. The van der Waals surface area contributed by atoms with Gasteiger partial charge in [-0.05, 0) is 31.2 Å². The van der Waals surface area contributed by atoms with Crippen LogP contribution in [0.4, 0.5) is 0 Å². The van der Waals surface area contributed by atoms with Gasteiger partial charge in [0.05, 0.1) is 11.5 Å². The summed E-state index contributed by atoms with van der Waals surface area (Å²) in [6, 6.07) is 6.69. The van der Waals surface area contributed by atoms with E-state index in [1.807, 2.05) is 0 Å². The van der Waals surface area contributed by atoms with Gasteiger partial charge in [0.2, 0.25) is 10.0 Å². The van der Waals surface area contributed by atoms with Gasteiger partial charge >= 0.3 is 11.6 Å². The van der Waals surface area contributed by atoms with Crippen molar-refractivity contribution in [2.24, 2.45) is 0 Å². The molecule has 0 aliphatic rings. The van der Waals surface area contributed by atoms with Crippen LogP contribution in [0, 0.1) is 0 Å². The monoisotopic (exact) mass is 311 g/mol. The van der Waals surface area contributed by atoms with Crippen LogP contribution in [0.15, 0.2) is 44.4 Å². The van der Waals surface area contributed by atoms with Gasteiger partial charge in [0, 0.05) is 11.5 Å². The van der Waals surface area contributed by atoms with E-state index < -0.39 is 28.2 Å². The summed E-state index contributed by atoms with van der Waals surface area (Å²) in [6.07, 6.45) is 0. The number of hydrogen-bond acceptors (Lipinski definition) is 6. The lowest BCUT2D eigenvalue weighted by atomic mass is 10.2. The summed E-state index contributed by atoms with van der Waals surface area (Å²) in [4.78, 5) is 22.2. The second-order valence-corrected chi connectivity index (χ2v) is 5.85. The first-order valence-corrected chi connectivity index (χ1v) is 7.60. The third kappa shape index (κ3) is 3.67. The Hall–Kier alpha value is -2.19. The Balaban J connectivity index is 2.26. The Morgan fingerprint density at radius 2 is 2.05 bits per heavy atom. The number of sulfonamides is 1. The van der Waals surface area contributed by atoms with E-state index >= 15 is 0 Å². The SMILES string of the molecule is CCOC(=O)CNS(=O)(=O)c1ccc2oc(=O)ccc2c1. The van der Waals surface area contributed by atoms with Gasteiger partial charge in [0.25, 0.3) is 0 Å². The van der Waals surface area contributed by atoms with Crippen LogP contribution in [-0.4, -0.2) is 27.5 Å². The summed E-state index contributed by atoms with van der Waals surface area (Å²) >= 11 is 0. The van der Waals surface area contributed by atoms with Crippen LogP contribution >= 0.6 is 0 Å². The number of fused-ring (bicyclic) bond motifs is 1. The molecule has 1 aromatic heterocycles. The van der Waals surface area contributed by atoms with E-state index in [1.54, 1.807) is 6.92 Å². The molecule has 1 aromatic carbocycles. The van der Waals surface area contributed by atoms with Gasteiger partial charge in [-0.25, -0.2) is 13.2 Å². The maximum absolute atomic E-state index is 12.0. The van der Waals surface area contributed by atoms with Crippen molar-refractivity contribution in [2.45, 2.75) is 11.8 Å². The van der Waals surface area contributed by atoms with Crippen LogP contribution in [-0.2, 0) is 19.6 Å². The molecule has 1 heterocycles. The Morgan fingerprint density at radius 1 is 1.29 bits per heavy atom. The Labute approximate surface area is 120 Å². The number of carbonyl (C=O) groups is 1. The molecule has 0 atom stereocenters. The zero-order valence-electron chi connectivity index (χ0n) is 11.2. The summed E-state index contributed by atoms with van der Waals surface area (Å²) in [7, 11) is -3.85. The molecule has 1 N–H and O–H groups in total. The highest BCUT2D eigenvalue weighted by Gasteiger charge is 2.16. The quantitative estimate of drug-likeness (QED) is 0.642. The molecule has 0 bridgehead atoms. The van der Waals surface area contributed by atoms with E-state index in [9.17, 15) is 18.0 Å². The molecule has 0 unspecified atom stereocenters. The number of carbonyl (C=O) groups excluding carboxylic acids is 1. The van der Waals surface area contributed by atoms with Gasteiger partial charge in [0.15, 0.2) is 0 Å². The average Bonchev–Trinajstić information content (AvgIpc) is 2.45. The first-order chi connectivity index (χ1) is 9.92. The van der Waals surface area contributed by atoms with E-state index in [0.717, 1.165) is 0 Å². The van der Waals surface area contributed by atoms with Crippen LogP contribution in [0.3, 0.4) is 0 Å². The Morgan fingerprint density at radius 3 is 2.76 bits per heavy atom. The highest BCUT2D eigenvalue weighted by molar-refractivity contribution is 7.89. The molecule has 7 nitrogen and oxygen atoms in total. The van der Waals surface area contributed by atoms with Crippen molar-refractivity contribution in [1.29, 1.82) is 0 Å². The van der Waals surface area contributed by atoms with Crippen molar-refractivity contribution < 1.29 is 22.4 Å². The number of hydrogen-bond donors (Lipinski definition) is 1. The molecular formula is C13H13NO6S. The lowest BCUT2D eigenvalue weighted by Gasteiger charge is -2.07. The number of esters is 1. The minimum Gasteiger partial charge on any atom is -0.465 e. The molecule has 21 heavy (non-hydrogen) atoms. The Kier molecular flexibility index (Phi) is 4.39. The highest BCUT2D eigenvalue weighted by atomic mass is 32.2. The van der Waals surface area contributed by atoms with E-state index in [-0.39, 0.29) is 17.1 Å². The van der Waals surface area contributed by atoms with E-state index in [1.165, 1.54) is 30.3 Å². The first-order valence-electron chi connectivity index (χ1n) is 6.11. The topological polar surface area (TPSA) is 103 Å². The van der Waals surface area contributed by atoms with Crippen LogP contribution in [0.2, 0.25) is 0 Å². The molecule has 0 fully saturated rings. The lowest BCUT2D eigenvalue weighted by Crippen LogP contribution is -2.30. The fourth-order valence-corrected chi connectivity index (χ4v) is 2.67. The lowest BCUT2D eigenvalue weighted by molar-refractivity contribution is -0.141. The molecule has 0 amide bonds. The summed E-state index contributed by atoms with van der Waals surface area (Å²) in [6.45, 7) is 1.36. The zero-order valence-corrected chi connectivity index (χ0v) is 12.0. The fourth-order valence-electron chi connectivity index (χ4n) is 1.67. The minimum absolute atomic E-state index is 0.0341. The molecular weight excluding hydrogens is 298 g/mol. The van der Waals surface area contributed by atoms with Gasteiger partial charge in [0.1, 0.15) is 12.1 Å². The van der Waals surface area contributed by atoms with Gasteiger partial charge in [-0.2, -0.15) is 4.72 Å². The van der Waals surface area contributed by atoms with E-state index in [2.05, 4.69) is 9.46 Å². The molecule has 0 aliphatic carbocycles. The molecule has 0 saturated heterocycles. The van der Waals surface area contributed by atoms with Crippen LogP contribution in [0.5, 0.6) is 0 Å². The van der Waals surface area contributed by atoms with Crippen molar-refractivity contribution in [3.05, 3.63) is 40.8 Å². The molecule has 112 valence electrons. The average molecular weight is 311 g/mol. The smallest absolute Gasteiger partial charge is 0.336 e. The summed E-state index contributed by atoms with van der Waals surface area (Å²) in [5.74, 6) is -0.659. The standard InChI is InChI=1S/C13H13NO6S/c1-2-19-13(16)8-14-21(17,18)10-4-5-11-9(7-10)3-6-12(15)20-11/h3-7,14H,2,8H2,1H3. The van der Waals surface area contributed by atoms with E-state index in [4.69, 9.17) is 4.42 Å². The molecule has 2 aromatic rings. The van der Waals surface area contributed by atoms with Crippen molar-refractivity contribution in [1.82, 2.24) is 4.72 Å². The fraction of sp³-hybridized carbons (Fsp3) is 0.231. The zero-order chi connectivity index (χ0) is 15.5. The number of nitrogens with one attached hydrogen (secondary N) is 1. The van der Waals surface area contributed by atoms with Gasteiger partial charge in [-0.1, -0.05) is 0 Å². The second kappa shape index (κ2) is 6.06. The molecule has 2 rings (SSSR count). The van der Waals surface area contributed by atoms with Crippen LogP contribution in [0.25, 0.3) is 11.0 Å². The van der Waals surface area contributed by atoms with Crippen molar-refractivity contribution >= 4 is 27.0 Å². The van der Waals surface area contributed by atoms with Crippen molar-refractivity contribution in [2.75, 3.05) is 13.2 Å². The third-order valence-electron chi connectivity index (χ3n) is 2.61. The molecule has 8 heteroatoms. The summed E-state index contributed by atoms with van der Waals surface area (Å²) < 4.78 is 35.8. The summed E-state index contributed by atoms with van der Waals surface area (Å²) in [5.41, 5.74) is -0.231. The van der Waals surface area contributed by atoms with Crippen LogP contribution in [0.1, 0.15) is 6.92 Å². The highest BCUT2D eigenvalue weighted by Crippen LogP contribution is 2.17. The number of rotatable bonds is 5. The number of ether oxygens (including phenoxy) is 1.